The number of hydrogen-bond donors (Lipinski definition) is 5. The molecule has 17 nitrogen and oxygen atoms in total. The van der Waals surface area contributed by atoms with Gasteiger partial charge in [-0.25, -0.2) is 0 Å². The molecule has 0 aliphatic carbocycles. The number of azo groups is 2. The smallest absolute Gasteiger partial charge is 0.298 e. The van der Waals surface area contributed by atoms with E-state index in [0.717, 1.165) is 48.5 Å². The van der Waals surface area contributed by atoms with Crippen LogP contribution in [0.15, 0.2) is 131 Å². The second-order valence-corrected chi connectivity index (χ2v) is 16.4. The van der Waals surface area contributed by atoms with Crippen LogP contribution in [-0.4, -0.2) is 175 Å². The predicted octanol–water partition coefficient (Wildman–Crippen LogP) is 5.15. The molecule has 25 heteroatoms. The maximum Gasteiger partial charge on any atom is 0.298 e. The van der Waals surface area contributed by atoms with Crippen LogP contribution < -0.4 is 0 Å². The first-order chi connectivity index (χ1) is 23.7. The van der Waals surface area contributed by atoms with E-state index in [4.69, 9.17) is 0 Å². The second kappa shape index (κ2) is 18.8. The molecule has 266 valence electrons. The average molecular weight is 865 g/mol. The number of phenols is 1. The molecule has 0 aromatic heterocycles. The maximum absolute atomic E-state index is 12.0. The number of rotatable bonds is 8. The van der Waals surface area contributed by atoms with Crippen LogP contribution in [0.1, 0.15) is 0 Å². The molecule has 0 fully saturated rings. The zero-order valence-corrected chi connectivity index (χ0v) is 40.4. The van der Waals surface area contributed by atoms with Gasteiger partial charge in [0.2, 0.25) is 0 Å². The maximum atomic E-state index is 12.0. The van der Waals surface area contributed by atoms with Crippen LogP contribution in [0, 0.1) is 0 Å². The molecule has 0 bridgehead atoms. The average Bonchev–Trinajstić information content (AvgIpc) is 3.04. The number of aromatic hydroxyl groups is 1. The van der Waals surface area contributed by atoms with E-state index < -0.39 is 71.5 Å². The fourth-order valence-corrected chi connectivity index (χ4v) is 7.32. The third-order valence-corrected chi connectivity index (χ3v) is 10.9. The van der Waals surface area contributed by atoms with Crippen LogP contribution in [0.4, 0.5) is 22.7 Å². The first kappa shape index (κ1) is 49.9. The van der Waals surface area contributed by atoms with Gasteiger partial charge in [0.15, 0.2) is 5.75 Å². The van der Waals surface area contributed by atoms with Crippen LogP contribution in [0.3, 0.4) is 0 Å². The molecule has 0 saturated carbocycles. The van der Waals surface area contributed by atoms with Gasteiger partial charge in [-0.2, -0.15) is 33.7 Å². The summed E-state index contributed by atoms with van der Waals surface area (Å²) >= 11 is 0. The van der Waals surface area contributed by atoms with Gasteiger partial charge in [-0.05, 0) is 65.4 Å². The molecule has 0 atom stereocenters. The van der Waals surface area contributed by atoms with Crippen molar-refractivity contribution in [3.05, 3.63) is 91.0 Å². The van der Waals surface area contributed by atoms with Gasteiger partial charge in [-0.1, -0.05) is 36.4 Å². The molecule has 4 radical (unpaired) electrons. The number of benzene rings is 6. The van der Waals surface area contributed by atoms with Gasteiger partial charge in [0.1, 0.15) is 10.6 Å². The Morgan fingerprint density at radius 1 is 0.400 bits per heavy atom. The fourth-order valence-electron chi connectivity index (χ4n) is 5.13. The molecule has 55 heavy (non-hydrogen) atoms. The topological polar surface area (TPSA) is 287 Å². The minimum absolute atomic E-state index is 0. The zero-order chi connectivity index (χ0) is 37.1. The number of phenolic OH excluding ortho intramolecular Hbond substituents is 1. The number of nitrogens with zero attached hydrogens (tertiary/aromatic N) is 4. The first-order valence-electron chi connectivity index (χ1n) is 13.8. The van der Waals surface area contributed by atoms with Gasteiger partial charge in [0.05, 0.1) is 31.7 Å². The van der Waals surface area contributed by atoms with E-state index in [1.54, 1.807) is 24.3 Å². The molecule has 0 heterocycles. The van der Waals surface area contributed by atoms with Gasteiger partial charge < -0.3 is 5.11 Å². The SMILES string of the molecule is O=S(=O)(O)c1ccc2c(N=Nc3ccc(N=Nc4c(O)c(S(=O)(=O)O)cc5cc(S(=O)(=O)O)ccc45)c4ccccc34)cc(S(=O)(=O)O)cc2c1.[Na].[Na].[Na].[Na]. The van der Waals surface area contributed by atoms with Crippen LogP contribution in [0.25, 0.3) is 32.3 Å². The molecule has 6 rings (SSSR count). The monoisotopic (exact) mass is 864 g/mol. The third kappa shape index (κ3) is 11.1. The summed E-state index contributed by atoms with van der Waals surface area (Å²) in [6.07, 6.45) is 0. The molecule has 6 aromatic carbocycles. The van der Waals surface area contributed by atoms with Crippen molar-refractivity contribution in [3.63, 3.8) is 0 Å². The van der Waals surface area contributed by atoms with Crippen molar-refractivity contribution in [1.29, 1.82) is 0 Å². The Balaban J connectivity index is 0.00000261. The Labute approximate surface area is 401 Å². The minimum atomic E-state index is -5.05. The van der Waals surface area contributed by atoms with E-state index in [1.807, 2.05) is 0 Å². The summed E-state index contributed by atoms with van der Waals surface area (Å²) in [5, 5.41) is 28.3. The summed E-state index contributed by atoms with van der Waals surface area (Å²) in [5.74, 6) is -0.994. The quantitative estimate of drug-likeness (QED) is 0.0753. The van der Waals surface area contributed by atoms with Crippen molar-refractivity contribution in [3.8, 4) is 5.75 Å². The molecule has 5 N–H and O–H groups in total. The van der Waals surface area contributed by atoms with E-state index in [2.05, 4.69) is 20.5 Å². The Morgan fingerprint density at radius 2 is 0.818 bits per heavy atom. The minimum Gasteiger partial charge on any atom is -0.504 e. The largest absolute Gasteiger partial charge is 0.504 e. The first-order valence-corrected chi connectivity index (χ1v) is 19.6. The Kier molecular flexibility index (Phi) is 17.0. The van der Waals surface area contributed by atoms with Crippen LogP contribution in [0.5, 0.6) is 5.75 Å². The number of hydrogen-bond acceptors (Lipinski definition) is 13. The van der Waals surface area contributed by atoms with Crippen LogP contribution in [0.2, 0.25) is 0 Å². The summed E-state index contributed by atoms with van der Waals surface area (Å²) in [4.78, 5) is -2.76. The van der Waals surface area contributed by atoms with Crippen molar-refractivity contribution < 1.29 is 57.0 Å². The van der Waals surface area contributed by atoms with Crippen molar-refractivity contribution >= 4 is 214 Å². The fraction of sp³-hybridized carbons (Fsp3) is 0. The van der Waals surface area contributed by atoms with Gasteiger partial charge in [0, 0.05) is 140 Å². The van der Waals surface area contributed by atoms with Crippen molar-refractivity contribution in [2.24, 2.45) is 20.5 Å². The van der Waals surface area contributed by atoms with Gasteiger partial charge in [0.25, 0.3) is 40.5 Å². The van der Waals surface area contributed by atoms with E-state index in [0.29, 0.717) is 10.8 Å². The normalized spacial score (nSPS) is 12.3. The standard InChI is InChI=1S/C30H20N4O13S4.4Na/c35-30-28(51(45,46)47)14-17-12-19(49(39,40)41)6-8-22(17)29(30)34-32-26-10-9-25(23-3-1-2-4-24(23)26)31-33-27-15-20(50(42,43)44)13-16-11-18(48(36,37)38)5-7-21(16)27;;;;/h1-15,35H,(H,36,37,38)(H,39,40,41)(H,42,43,44)(H,45,46,47);;;;. The van der Waals surface area contributed by atoms with Crippen LogP contribution >= 0.6 is 0 Å². The third-order valence-electron chi connectivity index (χ3n) is 7.47. The summed E-state index contributed by atoms with van der Waals surface area (Å²) in [7, 11) is -19.2. The van der Waals surface area contributed by atoms with Crippen LogP contribution in [-0.2, 0) is 40.5 Å². The van der Waals surface area contributed by atoms with Gasteiger partial charge in [-0.15, -0.1) is 20.5 Å². The van der Waals surface area contributed by atoms with Gasteiger partial charge >= 0.3 is 0 Å². The summed E-state index contributed by atoms with van der Waals surface area (Å²) in [6, 6.07) is 18.6. The van der Waals surface area contributed by atoms with Crippen molar-refractivity contribution in [2.75, 3.05) is 0 Å². The van der Waals surface area contributed by atoms with Gasteiger partial charge in [-0.3, -0.25) is 18.2 Å². The Bertz CT molecular complexity index is 3000. The second-order valence-electron chi connectivity index (χ2n) is 10.7. The Morgan fingerprint density at radius 3 is 1.29 bits per heavy atom. The zero-order valence-electron chi connectivity index (χ0n) is 29.1. The summed E-state index contributed by atoms with van der Waals surface area (Å²) in [5.41, 5.74) is -0.185. The Hall–Kier alpha value is -1.26. The molecule has 6 aromatic rings. The van der Waals surface area contributed by atoms with E-state index in [-0.39, 0.29) is 157 Å². The molecule has 0 aliphatic heterocycles. The molecule has 0 unspecified atom stereocenters. The van der Waals surface area contributed by atoms with E-state index in [1.165, 1.54) is 18.2 Å². The van der Waals surface area contributed by atoms with Crippen molar-refractivity contribution in [1.82, 2.24) is 0 Å². The van der Waals surface area contributed by atoms with E-state index in [9.17, 15) is 57.0 Å². The molecule has 0 aliphatic rings. The predicted molar refractivity (Wildman–Crippen MR) is 204 cm³/mol. The van der Waals surface area contributed by atoms with E-state index >= 15 is 0 Å². The molecular weight excluding hydrogens is 845 g/mol. The van der Waals surface area contributed by atoms with Crippen molar-refractivity contribution in [2.45, 2.75) is 19.6 Å². The molecule has 0 saturated heterocycles. The molecular formula is C30H20N4Na4O13S4. The molecule has 0 amide bonds. The summed E-state index contributed by atoms with van der Waals surface area (Å²) in [6.45, 7) is 0. The molecule has 0 spiro atoms. The summed E-state index contributed by atoms with van der Waals surface area (Å²) < 4.78 is 133. The number of fused-ring (bicyclic) bond motifs is 3.